The van der Waals surface area contributed by atoms with Crippen molar-refractivity contribution >= 4 is 46.6 Å². The Morgan fingerprint density at radius 3 is 2.50 bits per heavy atom. The number of carbonyl (C=O) groups excluding carboxylic acids is 2. The molecule has 0 saturated carbocycles. The third-order valence-electron chi connectivity index (χ3n) is 5.10. The number of nitro benzene ring substituents is 1. The highest BCUT2D eigenvalue weighted by molar-refractivity contribution is 7.80. The molecule has 1 aliphatic heterocycles. The molecule has 0 bridgehead atoms. The van der Waals surface area contributed by atoms with Gasteiger partial charge in [-0.05, 0) is 60.6 Å². The molecule has 1 aliphatic rings. The Morgan fingerprint density at radius 2 is 1.81 bits per heavy atom. The molecule has 3 aromatic rings. The highest BCUT2D eigenvalue weighted by Crippen LogP contribution is 2.24. The maximum Gasteiger partial charge on any atom is 0.271 e. The number of amides is 2. The third-order valence-corrected chi connectivity index (χ3v) is 5.38. The molecule has 0 radical (unpaired) electrons. The number of nitro groups is 1. The van der Waals surface area contributed by atoms with Crippen LogP contribution >= 0.6 is 12.2 Å². The van der Waals surface area contributed by atoms with Crippen molar-refractivity contribution in [2.75, 3.05) is 4.90 Å². The van der Waals surface area contributed by atoms with Gasteiger partial charge in [0.15, 0.2) is 5.11 Å². The van der Waals surface area contributed by atoms with Gasteiger partial charge < -0.3 is 4.57 Å². The smallest absolute Gasteiger partial charge is 0.271 e. The summed E-state index contributed by atoms with van der Waals surface area (Å²) < 4.78 is 1.66. The number of aryl methyl sites for hydroxylation is 1. The molecule has 4 rings (SSSR count). The second-order valence-electron chi connectivity index (χ2n) is 7.06. The zero-order valence-corrected chi connectivity index (χ0v) is 17.8. The molecule has 1 aromatic heterocycles. The van der Waals surface area contributed by atoms with Gasteiger partial charge in [0.1, 0.15) is 5.57 Å². The number of carbonyl (C=O) groups is 2. The van der Waals surface area contributed by atoms with E-state index in [9.17, 15) is 19.7 Å². The van der Waals surface area contributed by atoms with Crippen molar-refractivity contribution < 1.29 is 14.5 Å². The Balaban J connectivity index is 1.72. The van der Waals surface area contributed by atoms with Crippen molar-refractivity contribution in [3.63, 3.8) is 0 Å². The van der Waals surface area contributed by atoms with E-state index in [1.807, 2.05) is 19.1 Å². The van der Waals surface area contributed by atoms with E-state index in [0.29, 0.717) is 17.1 Å². The fourth-order valence-corrected chi connectivity index (χ4v) is 3.70. The maximum absolute atomic E-state index is 13.2. The van der Waals surface area contributed by atoms with Crippen LogP contribution in [0.1, 0.15) is 18.2 Å². The summed E-state index contributed by atoms with van der Waals surface area (Å²) in [4.78, 5) is 37.7. The summed E-state index contributed by atoms with van der Waals surface area (Å²) >= 11 is 5.24. The van der Waals surface area contributed by atoms with Crippen LogP contribution < -0.4 is 10.2 Å². The molecule has 2 heterocycles. The van der Waals surface area contributed by atoms with E-state index in [1.165, 1.54) is 23.1 Å². The minimum atomic E-state index is -0.603. The Bertz CT molecular complexity index is 1280. The van der Waals surface area contributed by atoms with Crippen molar-refractivity contribution in [2.45, 2.75) is 13.3 Å². The van der Waals surface area contributed by atoms with Gasteiger partial charge in [0.2, 0.25) is 0 Å². The lowest BCUT2D eigenvalue weighted by molar-refractivity contribution is -0.384. The molecule has 1 fully saturated rings. The summed E-state index contributed by atoms with van der Waals surface area (Å²) in [6.07, 6.45) is 4.00. The van der Waals surface area contributed by atoms with Gasteiger partial charge in [-0.3, -0.25) is 29.9 Å². The molecule has 32 heavy (non-hydrogen) atoms. The quantitative estimate of drug-likeness (QED) is 0.212. The topological polar surface area (TPSA) is 97.5 Å². The summed E-state index contributed by atoms with van der Waals surface area (Å²) in [5.74, 6) is -1.15. The van der Waals surface area contributed by atoms with E-state index in [-0.39, 0.29) is 16.4 Å². The fourth-order valence-electron chi connectivity index (χ4n) is 3.42. The molecular weight excluding hydrogens is 428 g/mol. The van der Waals surface area contributed by atoms with Crippen LogP contribution in [0.2, 0.25) is 0 Å². The SMILES string of the molecule is CCc1ccc(N2C(=O)/C(=C/c3cccn3-c3cccc([N+](=O)[O-])c3)C(=O)NC2=S)cc1. The number of nitrogens with zero attached hydrogens (tertiary/aromatic N) is 3. The fraction of sp³-hybridized carbons (Fsp3) is 0.0870. The predicted molar refractivity (Wildman–Crippen MR) is 124 cm³/mol. The van der Waals surface area contributed by atoms with Gasteiger partial charge in [0, 0.05) is 24.0 Å². The first-order chi connectivity index (χ1) is 15.4. The summed E-state index contributed by atoms with van der Waals surface area (Å²) in [6.45, 7) is 2.03. The lowest BCUT2D eigenvalue weighted by Crippen LogP contribution is -2.54. The summed E-state index contributed by atoms with van der Waals surface area (Å²) in [7, 11) is 0. The molecule has 2 aromatic carbocycles. The molecule has 8 nitrogen and oxygen atoms in total. The number of rotatable bonds is 5. The van der Waals surface area contributed by atoms with E-state index in [2.05, 4.69) is 5.32 Å². The lowest BCUT2D eigenvalue weighted by Gasteiger charge is -2.29. The Morgan fingerprint density at radius 1 is 1.06 bits per heavy atom. The molecule has 0 unspecified atom stereocenters. The Labute approximate surface area is 188 Å². The zero-order valence-electron chi connectivity index (χ0n) is 17.0. The number of hydrogen-bond acceptors (Lipinski definition) is 5. The van der Waals surface area contributed by atoms with Crippen LogP contribution in [0.25, 0.3) is 11.8 Å². The number of anilines is 1. The molecule has 160 valence electrons. The van der Waals surface area contributed by atoms with Crippen LogP contribution in [0.5, 0.6) is 0 Å². The second kappa shape index (κ2) is 8.56. The first kappa shape index (κ1) is 21.1. The molecule has 1 saturated heterocycles. The summed E-state index contributed by atoms with van der Waals surface area (Å²) in [5.41, 5.74) is 2.55. The number of benzene rings is 2. The van der Waals surface area contributed by atoms with Crippen molar-refractivity contribution in [2.24, 2.45) is 0 Å². The van der Waals surface area contributed by atoms with Gasteiger partial charge in [-0.25, -0.2) is 0 Å². The van der Waals surface area contributed by atoms with E-state index >= 15 is 0 Å². The Hall–Kier alpha value is -4.11. The van der Waals surface area contributed by atoms with Gasteiger partial charge in [-0.15, -0.1) is 0 Å². The average Bonchev–Trinajstić information content (AvgIpc) is 3.25. The van der Waals surface area contributed by atoms with E-state index < -0.39 is 16.7 Å². The van der Waals surface area contributed by atoms with Crippen LogP contribution in [0.15, 0.2) is 72.4 Å². The first-order valence-electron chi connectivity index (χ1n) is 9.81. The van der Waals surface area contributed by atoms with Gasteiger partial charge in [0.25, 0.3) is 17.5 Å². The van der Waals surface area contributed by atoms with Crippen LogP contribution in [0, 0.1) is 10.1 Å². The van der Waals surface area contributed by atoms with Crippen molar-refractivity contribution in [3.8, 4) is 5.69 Å². The van der Waals surface area contributed by atoms with Gasteiger partial charge in [-0.1, -0.05) is 25.1 Å². The maximum atomic E-state index is 13.2. The monoisotopic (exact) mass is 446 g/mol. The van der Waals surface area contributed by atoms with Crippen LogP contribution in [0.4, 0.5) is 11.4 Å². The summed E-state index contributed by atoms with van der Waals surface area (Å²) in [5, 5.41) is 13.7. The standard InChI is InChI=1S/C23H18N4O4S/c1-2-15-8-10-16(11-9-15)26-22(29)20(21(28)24-23(26)32)14-18-7-4-12-25(18)17-5-3-6-19(13-17)27(30)31/h3-14H,2H2,1H3,(H,24,28,32)/b20-14+. The normalized spacial score (nSPS) is 15.2. The molecular formula is C23H18N4O4S. The third kappa shape index (κ3) is 3.93. The summed E-state index contributed by atoms with van der Waals surface area (Å²) in [6, 6.07) is 16.9. The molecule has 0 aliphatic carbocycles. The highest BCUT2D eigenvalue weighted by atomic mass is 32.1. The average molecular weight is 446 g/mol. The first-order valence-corrected chi connectivity index (χ1v) is 10.2. The van der Waals surface area contributed by atoms with Crippen molar-refractivity contribution in [3.05, 3.63) is 93.8 Å². The van der Waals surface area contributed by atoms with Gasteiger partial charge >= 0.3 is 0 Å². The second-order valence-corrected chi connectivity index (χ2v) is 7.44. The number of thiocarbonyl (C=S) groups is 1. The van der Waals surface area contributed by atoms with Crippen molar-refractivity contribution in [1.82, 2.24) is 9.88 Å². The van der Waals surface area contributed by atoms with Crippen LogP contribution in [-0.4, -0.2) is 26.4 Å². The largest absolute Gasteiger partial charge is 0.317 e. The van der Waals surface area contributed by atoms with Gasteiger partial charge in [0.05, 0.1) is 16.3 Å². The molecule has 0 atom stereocenters. The van der Waals surface area contributed by atoms with E-state index in [1.54, 1.807) is 47.2 Å². The lowest BCUT2D eigenvalue weighted by atomic mass is 10.1. The minimum Gasteiger partial charge on any atom is -0.317 e. The molecule has 0 spiro atoms. The number of aromatic nitrogens is 1. The van der Waals surface area contributed by atoms with Gasteiger partial charge in [-0.2, -0.15) is 0 Å². The predicted octanol–water partition coefficient (Wildman–Crippen LogP) is 3.78. The molecule has 1 N–H and O–H groups in total. The molecule has 2 amide bonds. The Kier molecular flexibility index (Phi) is 5.65. The minimum absolute atomic E-state index is 0.00969. The highest BCUT2D eigenvalue weighted by Gasteiger charge is 2.34. The number of nitrogens with one attached hydrogen (secondary N) is 1. The number of non-ortho nitro benzene ring substituents is 1. The number of hydrogen-bond donors (Lipinski definition) is 1. The van der Waals surface area contributed by atoms with E-state index in [0.717, 1.165) is 12.0 Å². The van der Waals surface area contributed by atoms with Crippen LogP contribution in [-0.2, 0) is 16.0 Å². The van der Waals surface area contributed by atoms with E-state index in [4.69, 9.17) is 12.2 Å². The van der Waals surface area contributed by atoms with Crippen molar-refractivity contribution in [1.29, 1.82) is 0 Å². The van der Waals surface area contributed by atoms with Crippen LogP contribution in [0.3, 0.4) is 0 Å². The zero-order chi connectivity index (χ0) is 22.8. The molecule has 9 heteroatoms.